The average Bonchev–Trinajstić information content (AvgIpc) is 2.86. The normalized spacial score (nSPS) is 20.9. The molecule has 2 rings (SSSR count). The molecule has 0 radical (unpaired) electrons. The summed E-state index contributed by atoms with van der Waals surface area (Å²) in [7, 11) is 0. The number of carbonyl (C=O) groups is 1. The van der Waals surface area contributed by atoms with E-state index in [0.717, 1.165) is 25.1 Å². The van der Waals surface area contributed by atoms with Gasteiger partial charge in [-0.25, -0.2) is 0 Å². The maximum Gasteiger partial charge on any atom is 0.227 e. The summed E-state index contributed by atoms with van der Waals surface area (Å²) in [6.07, 6.45) is 1.44. The molecule has 1 saturated heterocycles. The lowest BCUT2D eigenvalue weighted by molar-refractivity contribution is -0.129. The first-order valence-electron chi connectivity index (χ1n) is 5.19. The predicted molar refractivity (Wildman–Crippen MR) is 59.8 cm³/mol. The highest BCUT2D eigenvalue weighted by Gasteiger charge is 2.25. The average molecular weight is 225 g/mol. The van der Waals surface area contributed by atoms with Crippen LogP contribution in [0.2, 0.25) is 0 Å². The van der Waals surface area contributed by atoms with E-state index in [1.165, 1.54) is 0 Å². The number of hydrogen-bond donors (Lipinski definition) is 1. The van der Waals surface area contributed by atoms with E-state index in [2.05, 4.69) is 0 Å². The van der Waals surface area contributed by atoms with Crippen molar-refractivity contribution in [3.8, 4) is 0 Å². The van der Waals surface area contributed by atoms with E-state index in [4.69, 9.17) is 5.11 Å². The van der Waals surface area contributed by atoms with Crippen molar-refractivity contribution in [3.63, 3.8) is 0 Å². The van der Waals surface area contributed by atoms with Gasteiger partial charge < -0.3 is 10.0 Å². The molecular formula is C11H15NO2S. The van der Waals surface area contributed by atoms with Crippen LogP contribution in [0.5, 0.6) is 0 Å². The van der Waals surface area contributed by atoms with Gasteiger partial charge in [0.05, 0.1) is 6.42 Å². The minimum atomic E-state index is 0.185. The Bertz CT molecular complexity index is 323. The van der Waals surface area contributed by atoms with Gasteiger partial charge in [-0.05, 0) is 28.8 Å². The Labute approximate surface area is 93.3 Å². The Morgan fingerprint density at radius 2 is 2.53 bits per heavy atom. The van der Waals surface area contributed by atoms with Gasteiger partial charge in [0.25, 0.3) is 0 Å². The highest BCUT2D eigenvalue weighted by molar-refractivity contribution is 7.07. The number of thiophene rings is 1. The van der Waals surface area contributed by atoms with Crippen LogP contribution in [0.25, 0.3) is 0 Å². The standard InChI is InChI=1S/C11H15NO2S/c13-7-10-1-3-12(6-10)11(14)5-9-2-4-15-8-9/h2,4,8,10,13H,1,3,5-7H2/t10-/m1/s1. The highest BCUT2D eigenvalue weighted by Crippen LogP contribution is 2.17. The van der Waals surface area contributed by atoms with Crippen molar-refractivity contribution >= 4 is 17.2 Å². The van der Waals surface area contributed by atoms with Gasteiger partial charge in [0.2, 0.25) is 5.91 Å². The van der Waals surface area contributed by atoms with E-state index in [1.807, 2.05) is 21.7 Å². The molecule has 1 aromatic heterocycles. The molecule has 0 aliphatic carbocycles. The van der Waals surface area contributed by atoms with Crippen LogP contribution in [0.15, 0.2) is 16.8 Å². The van der Waals surface area contributed by atoms with Crippen LogP contribution in [-0.2, 0) is 11.2 Å². The molecule has 1 aromatic rings. The Balaban J connectivity index is 1.87. The molecule has 0 spiro atoms. The number of aliphatic hydroxyl groups is 1. The summed E-state index contributed by atoms with van der Waals surface area (Å²) >= 11 is 1.62. The molecule has 1 fully saturated rings. The first-order valence-corrected chi connectivity index (χ1v) is 6.13. The van der Waals surface area contributed by atoms with E-state index >= 15 is 0 Å². The fourth-order valence-corrected chi connectivity index (χ4v) is 2.56. The molecule has 82 valence electrons. The monoisotopic (exact) mass is 225 g/mol. The number of aliphatic hydroxyl groups excluding tert-OH is 1. The van der Waals surface area contributed by atoms with Crippen molar-refractivity contribution in [3.05, 3.63) is 22.4 Å². The second-order valence-corrected chi connectivity index (χ2v) is 4.77. The lowest BCUT2D eigenvalue weighted by atomic mass is 10.1. The third-order valence-electron chi connectivity index (χ3n) is 2.83. The van der Waals surface area contributed by atoms with Crippen LogP contribution in [-0.4, -0.2) is 35.6 Å². The third-order valence-corrected chi connectivity index (χ3v) is 3.56. The summed E-state index contributed by atoms with van der Waals surface area (Å²) in [4.78, 5) is 13.7. The molecule has 1 amide bonds. The number of carbonyl (C=O) groups excluding carboxylic acids is 1. The van der Waals surface area contributed by atoms with Crippen molar-refractivity contribution in [1.29, 1.82) is 0 Å². The van der Waals surface area contributed by atoms with Crippen molar-refractivity contribution in [2.45, 2.75) is 12.8 Å². The first-order chi connectivity index (χ1) is 7.29. The van der Waals surface area contributed by atoms with Crippen LogP contribution in [0, 0.1) is 5.92 Å². The molecule has 0 bridgehead atoms. The van der Waals surface area contributed by atoms with E-state index in [-0.39, 0.29) is 18.4 Å². The fraction of sp³-hybridized carbons (Fsp3) is 0.545. The summed E-state index contributed by atoms with van der Waals surface area (Å²) < 4.78 is 0. The zero-order chi connectivity index (χ0) is 10.7. The molecule has 1 aliphatic heterocycles. The van der Waals surface area contributed by atoms with Gasteiger partial charge in [0, 0.05) is 25.6 Å². The molecule has 3 nitrogen and oxygen atoms in total. The van der Waals surface area contributed by atoms with Crippen molar-refractivity contribution in [2.75, 3.05) is 19.7 Å². The molecule has 15 heavy (non-hydrogen) atoms. The molecule has 1 aliphatic rings. The summed E-state index contributed by atoms with van der Waals surface area (Å²) in [6.45, 7) is 1.72. The van der Waals surface area contributed by atoms with Gasteiger partial charge in [-0.2, -0.15) is 11.3 Å². The van der Waals surface area contributed by atoms with E-state index in [9.17, 15) is 4.79 Å². The zero-order valence-electron chi connectivity index (χ0n) is 8.56. The minimum Gasteiger partial charge on any atom is -0.396 e. The van der Waals surface area contributed by atoms with Gasteiger partial charge in [-0.3, -0.25) is 4.79 Å². The summed E-state index contributed by atoms with van der Waals surface area (Å²) in [5.74, 6) is 0.473. The van der Waals surface area contributed by atoms with Crippen LogP contribution < -0.4 is 0 Å². The highest BCUT2D eigenvalue weighted by atomic mass is 32.1. The molecular weight excluding hydrogens is 210 g/mol. The van der Waals surface area contributed by atoms with Gasteiger partial charge in [-0.15, -0.1) is 0 Å². The number of amides is 1. The third kappa shape index (κ3) is 2.58. The van der Waals surface area contributed by atoms with Crippen LogP contribution >= 0.6 is 11.3 Å². The Morgan fingerprint density at radius 1 is 1.67 bits per heavy atom. The molecule has 1 N–H and O–H groups in total. The van der Waals surface area contributed by atoms with Gasteiger partial charge in [-0.1, -0.05) is 0 Å². The Morgan fingerprint density at radius 3 is 3.13 bits per heavy atom. The quantitative estimate of drug-likeness (QED) is 0.837. The number of likely N-dealkylation sites (tertiary alicyclic amines) is 1. The molecule has 0 aromatic carbocycles. The van der Waals surface area contributed by atoms with Gasteiger partial charge in [0.1, 0.15) is 0 Å². The molecule has 2 heterocycles. The summed E-state index contributed by atoms with van der Waals surface area (Å²) in [5, 5.41) is 13.0. The van der Waals surface area contributed by atoms with E-state index < -0.39 is 0 Å². The minimum absolute atomic E-state index is 0.185. The molecule has 0 saturated carbocycles. The maximum absolute atomic E-state index is 11.8. The van der Waals surface area contributed by atoms with E-state index in [1.54, 1.807) is 11.3 Å². The molecule has 4 heteroatoms. The van der Waals surface area contributed by atoms with Crippen LogP contribution in [0.1, 0.15) is 12.0 Å². The summed E-state index contributed by atoms with van der Waals surface area (Å²) in [5.41, 5.74) is 1.09. The first kappa shape index (κ1) is 10.6. The number of nitrogens with zero attached hydrogens (tertiary/aromatic N) is 1. The number of rotatable bonds is 3. The fourth-order valence-electron chi connectivity index (χ4n) is 1.89. The van der Waals surface area contributed by atoms with Gasteiger partial charge >= 0.3 is 0 Å². The molecule has 0 unspecified atom stereocenters. The Hall–Kier alpha value is -0.870. The van der Waals surface area contributed by atoms with Crippen molar-refractivity contribution < 1.29 is 9.90 Å². The second kappa shape index (κ2) is 4.77. The van der Waals surface area contributed by atoms with Crippen molar-refractivity contribution in [2.24, 2.45) is 5.92 Å². The van der Waals surface area contributed by atoms with Crippen LogP contribution in [0.3, 0.4) is 0 Å². The SMILES string of the molecule is O=C(Cc1ccsc1)N1CC[C@@H](CO)C1. The smallest absolute Gasteiger partial charge is 0.227 e. The van der Waals surface area contributed by atoms with Crippen LogP contribution in [0.4, 0.5) is 0 Å². The van der Waals surface area contributed by atoms with Crippen molar-refractivity contribution in [1.82, 2.24) is 4.90 Å². The Kier molecular flexibility index (Phi) is 3.38. The molecule has 1 atom stereocenters. The second-order valence-electron chi connectivity index (χ2n) is 3.99. The lowest BCUT2D eigenvalue weighted by Gasteiger charge is -2.15. The lowest BCUT2D eigenvalue weighted by Crippen LogP contribution is -2.30. The largest absolute Gasteiger partial charge is 0.396 e. The van der Waals surface area contributed by atoms with Gasteiger partial charge in [0.15, 0.2) is 0 Å². The summed E-state index contributed by atoms with van der Waals surface area (Å²) in [6, 6.07) is 1.99. The number of hydrogen-bond acceptors (Lipinski definition) is 3. The predicted octanol–water partition coefficient (Wildman–Crippen LogP) is 1.13. The zero-order valence-corrected chi connectivity index (χ0v) is 9.37. The maximum atomic E-state index is 11.8. The topological polar surface area (TPSA) is 40.5 Å². The van der Waals surface area contributed by atoms with E-state index in [0.29, 0.717) is 6.42 Å².